The van der Waals surface area contributed by atoms with Crippen molar-refractivity contribution >= 4 is 22.7 Å². The molecule has 0 aliphatic carbocycles. The number of carbonyl (C=O) groups excluding carboxylic acids is 2. The van der Waals surface area contributed by atoms with Crippen molar-refractivity contribution in [1.82, 2.24) is 0 Å². The summed E-state index contributed by atoms with van der Waals surface area (Å²) >= 11 is 0. The summed E-state index contributed by atoms with van der Waals surface area (Å²) in [7, 11) is 0. The number of ketones is 2. The molecule has 0 spiro atoms. The van der Waals surface area contributed by atoms with Gasteiger partial charge in [-0.3, -0.25) is 9.59 Å². The Bertz CT molecular complexity index is 1530. The van der Waals surface area contributed by atoms with Crippen LogP contribution in [0, 0.1) is 0 Å². The van der Waals surface area contributed by atoms with Crippen molar-refractivity contribution in [3.05, 3.63) is 107 Å². The number of hydrogen-bond donors (Lipinski definition) is 0. The fourth-order valence-corrected chi connectivity index (χ4v) is 4.93. The number of rotatable bonds is 11. The zero-order chi connectivity index (χ0) is 31.4. The van der Waals surface area contributed by atoms with E-state index in [1.165, 1.54) is 17.2 Å². The Morgan fingerprint density at radius 1 is 0.698 bits per heavy atom. The molecule has 2 aromatic rings. The molecule has 226 valence electrons. The van der Waals surface area contributed by atoms with Crippen molar-refractivity contribution in [2.24, 2.45) is 0 Å². The van der Waals surface area contributed by atoms with Crippen molar-refractivity contribution in [3.63, 3.8) is 0 Å². The van der Waals surface area contributed by atoms with E-state index in [4.69, 9.17) is 18.9 Å². The zero-order valence-electron chi connectivity index (χ0n) is 26.5. The molecule has 0 saturated carbocycles. The van der Waals surface area contributed by atoms with E-state index in [-0.39, 0.29) is 11.6 Å². The van der Waals surface area contributed by atoms with Gasteiger partial charge in [-0.2, -0.15) is 0 Å². The topological polar surface area (TPSA) is 71.1 Å². The maximum atomic E-state index is 12.0. The summed E-state index contributed by atoms with van der Waals surface area (Å²) in [6.07, 6.45) is 8.39. The lowest BCUT2D eigenvalue weighted by molar-refractivity contribution is -0.127. The summed E-state index contributed by atoms with van der Waals surface area (Å²) in [6.45, 7) is 15.6. The average molecular weight is 583 g/mol. The molecular weight excluding hydrogens is 540 g/mol. The van der Waals surface area contributed by atoms with E-state index in [0.29, 0.717) is 23.9 Å². The number of allylic oxidation sites excluding steroid dienone is 4. The molecule has 0 radical (unpaired) electrons. The van der Waals surface area contributed by atoms with E-state index in [1.807, 2.05) is 44.2 Å². The van der Waals surface area contributed by atoms with Gasteiger partial charge in [0.25, 0.3) is 0 Å². The number of carbonyl (C=O) groups is 2. The van der Waals surface area contributed by atoms with Crippen LogP contribution in [-0.4, -0.2) is 29.4 Å². The van der Waals surface area contributed by atoms with Crippen LogP contribution in [0.4, 0.5) is 0 Å². The molecule has 0 fully saturated rings. The molecule has 4 rings (SSSR count). The molecule has 6 heteroatoms. The van der Waals surface area contributed by atoms with Crippen LogP contribution in [0.15, 0.2) is 95.7 Å². The highest BCUT2D eigenvalue weighted by atomic mass is 16.5. The normalized spacial score (nSPS) is 18.4. The molecule has 0 bridgehead atoms. The first-order valence-corrected chi connectivity index (χ1v) is 14.8. The predicted octanol–water partition coefficient (Wildman–Crippen LogP) is 8.55. The van der Waals surface area contributed by atoms with Crippen LogP contribution in [0.5, 0.6) is 11.5 Å². The van der Waals surface area contributed by atoms with Gasteiger partial charge in [0.1, 0.15) is 29.6 Å². The smallest absolute Gasteiger partial charge is 0.202 e. The van der Waals surface area contributed by atoms with Crippen LogP contribution < -0.4 is 9.47 Å². The van der Waals surface area contributed by atoms with Gasteiger partial charge in [-0.25, -0.2) is 0 Å². The van der Waals surface area contributed by atoms with Crippen LogP contribution in [0.1, 0.15) is 79.4 Å². The Balaban J connectivity index is 1.41. The Morgan fingerprint density at radius 3 is 1.56 bits per heavy atom. The molecule has 0 N–H and O–H groups in total. The highest BCUT2D eigenvalue weighted by Crippen LogP contribution is 2.34. The van der Waals surface area contributed by atoms with E-state index in [9.17, 15) is 9.59 Å². The Morgan fingerprint density at radius 2 is 1.14 bits per heavy atom. The minimum Gasteiger partial charge on any atom is -0.490 e. The second-order valence-corrected chi connectivity index (χ2v) is 11.8. The molecule has 0 amide bonds. The van der Waals surface area contributed by atoms with Gasteiger partial charge in [-0.15, -0.1) is 0 Å². The number of ether oxygens (including phenoxy) is 4. The van der Waals surface area contributed by atoms with Gasteiger partial charge in [0.2, 0.25) is 11.6 Å². The first-order chi connectivity index (χ1) is 20.3. The summed E-state index contributed by atoms with van der Waals surface area (Å²) in [5, 5.41) is 0. The highest BCUT2D eigenvalue weighted by molar-refractivity contribution is 6.00. The summed E-state index contributed by atoms with van der Waals surface area (Å²) in [6, 6.07) is 16.2. The third-order valence-electron chi connectivity index (χ3n) is 7.71. The third kappa shape index (κ3) is 7.37. The van der Waals surface area contributed by atoms with Crippen molar-refractivity contribution in [3.8, 4) is 11.5 Å². The minimum atomic E-state index is -0.833. The van der Waals surface area contributed by atoms with E-state index in [2.05, 4.69) is 38.1 Å². The molecule has 43 heavy (non-hydrogen) atoms. The second-order valence-electron chi connectivity index (χ2n) is 11.8. The molecular formula is C37H42O6. The SMILES string of the molecule is CC/C(=C(/CC)c1ccc(OC/C=C(\C)C2=CC(=O)C(C)(C)O2)cc1)c1ccc(O/C=C(\C)C2=CC(=O)C(C)(C)O2)cc1. The molecule has 2 heterocycles. The average Bonchev–Trinajstić information content (AvgIpc) is 3.42. The molecule has 0 aromatic heterocycles. The molecule has 0 atom stereocenters. The van der Waals surface area contributed by atoms with Crippen LogP contribution >= 0.6 is 0 Å². The first-order valence-electron chi connectivity index (χ1n) is 14.8. The van der Waals surface area contributed by atoms with Crippen molar-refractivity contribution < 1.29 is 28.5 Å². The number of benzene rings is 2. The summed E-state index contributed by atoms with van der Waals surface area (Å²) in [4.78, 5) is 24.1. The second kappa shape index (κ2) is 12.9. The summed E-state index contributed by atoms with van der Waals surface area (Å²) < 4.78 is 23.3. The van der Waals surface area contributed by atoms with Crippen molar-refractivity contribution in [2.45, 2.75) is 79.4 Å². The maximum Gasteiger partial charge on any atom is 0.202 e. The maximum absolute atomic E-state index is 12.0. The fraction of sp³-hybridized carbons (Fsp3) is 0.351. The fourth-order valence-electron chi connectivity index (χ4n) is 4.93. The van der Waals surface area contributed by atoms with E-state index in [0.717, 1.165) is 40.9 Å². The lowest BCUT2D eigenvalue weighted by atomic mass is 9.91. The Labute approximate surface area is 255 Å². The van der Waals surface area contributed by atoms with Crippen molar-refractivity contribution in [1.29, 1.82) is 0 Å². The standard InChI is InChI=1S/C37H42O6/c1-9-30(26-11-15-28(16-12-26)40-20-19-24(3)32-21-34(38)36(5,6)42-32)31(10-2)27-13-17-29(18-14-27)41-23-25(4)33-22-35(39)37(7,8)43-33/h11-19,21-23H,9-10,20H2,1-8H3/b24-19+,25-23+,31-30+. The van der Waals surface area contributed by atoms with E-state index in [1.54, 1.807) is 40.0 Å². The summed E-state index contributed by atoms with van der Waals surface area (Å²) in [5.74, 6) is 2.54. The number of hydrogen-bond acceptors (Lipinski definition) is 6. The molecule has 2 aliphatic rings. The Kier molecular flexibility index (Phi) is 9.49. The lowest BCUT2D eigenvalue weighted by Gasteiger charge is -2.18. The Hall–Kier alpha value is -4.32. The molecule has 0 saturated heterocycles. The van der Waals surface area contributed by atoms with Gasteiger partial charge in [-0.1, -0.05) is 38.1 Å². The van der Waals surface area contributed by atoms with Gasteiger partial charge in [0.15, 0.2) is 11.2 Å². The summed E-state index contributed by atoms with van der Waals surface area (Å²) in [5.41, 5.74) is 4.86. The highest BCUT2D eigenvalue weighted by Gasteiger charge is 2.36. The van der Waals surface area contributed by atoms with Gasteiger partial charge in [0, 0.05) is 17.7 Å². The predicted molar refractivity (Wildman–Crippen MR) is 170 cm³/mol. The van der Waals surface area contributed by atoms with Crippen LogP contribution in [-0.2, 0) is 19.1 Å². The zero-order valence-corrected chi connectivity index (χ0v) is 26.5. The molecule has 2 aliphatic heterocycles. The van der Waals surface area contributed by atoms with Crippen molar-refractivity contribution in [2.75, 3.05) is 6.61 Å². The van der Waals surface area contributed by atoms with Gasteiger partial charge in [0.05, 0.1) is 6.26 Å². The molecule has 2 aromatic carbocycles. The third-order valence-corrected chi connectivity index (χ3v) is 7.71. The monoisotopic (exact) mass is 582 g/mol. The minimum absolute atomic E-state index is 0.0263. The van der Waals surface area contributed by atoms with Gasteiger partial charge < -0.3 is 18.9 Å². The molecule has 6 nitrogen and oxygen atoms in total. The lowest BCUT2D eigenvalue weighted by Crippen LogP contribution is -2.27. The molecule has 0 unspecified atom stereocenters. The largest absolute Gasteiger partial charge is 0.490 e. The van der Waals surface area contributed by atoms with Crippen LogP contribution in [0.2, 0.25) is 0 Å². The van der Waals surface area contributed by atoms with E-state index >= 15 is 0 Å². The van der Waals surface area contributed by atoms with Crippen LogP contribution in [0.3, 0.4) is 0 Å². The van der Waals surface area contributed by atoms with Gasteiger partial charge in [-0.05, 0) is 113 Å². The van der Waals surface area contributed by atoms with E-state index < -0.39 is 11.2 Å². The quantitative estimate of drug-likeness (QED) is 0.195. The van der Waals surface area contributed by atoms with Crippen LogP contribution in [0.25, 0.3) is 11.1 Å². The van der Waals surface area contributed by atoms with Gasteiger partial charge >= 0.3 is 0 Å². The first kappa shape index (κ1) is 31.6.